The normalized spacial score (nSPS) is 18.8. The molecule has 1 heterocycles. The van der Waals surface area contributed by atoms with Gasteiger partial charge in [-0.05, 0) is 66.3 Å². The van der Waals surface area contributed by atoms with E-state index in [1.54, 1.807) is 14.2 Å². The summed E-state index contributed by atoms with van der Waals surface area (Å²) in [6, 6.07) is 21.8. The van der Waals surface area contributed by atoms with Gasteiger partial charge in [-0.15, -0.1) is 0 Å². The predicted octanol–water partition coefficient (Wildman–Crippen LogP) is 6.47. The van der Waals surface area contributed by atoms with E-state index in [1.165, 1.54) is 0 Å². The Morgan fingerprint density at radius 1 is 0.861 bits per heavy atom. The van der Waals surface area contributed by atoms with Crippen molar-refractivity contribution in [3.8, 4) is 17.2 Å². The Morgan fingerprint density at radius 3 is 2.31 bits per heavy atom. The Labute approximate surface area is 212 Å². The minimum atomic E-state index is -0.254. The zero-order valence-corrected chi connectivity index (χ0v) is 21.0. The van der Waals surface area contributed by atoms with E-state index in [9.17, 15) is 4.79 Å². The van der Waals surface area contributed by atoms with E-state index in [0.717, 1.165) is 52.4 Å². The number of allylic oxidation sites excluding steroid dienone is 1. The molecule has 0 fully saturated rings. The number of Topliss-reactive ketones (excluding diaryl/α,β-unsaturated/α-hetero) is 1. The van der Waals surface area contributed by atoms with Crippen LogP contribution in [0.25, 0.3) is 0 Å². The Morgan fingerprint density at radius 2 is 1.58 bits per heavy atom. The van der Waals surface area contributed by atoms with Crippen LogP contribution in [0.1, 0.15) is 49.3 Å². The summed E-state index contributed by atoms with van der Waals surface area (Å²) in [4.78, 5) is 13.8. The smallest absolute Gasteiger partial charge is 0.163 e. The van der Waals surface area contributed by atoms with Crippen LogP contribution in [0.4, 0.5) is 11.4 Å². The van der Waals surface area contributed by atoms with E-state index in [1.807, 2.05) is 54.6 Å². The van der Waals surface area contributed by atoms with Crippen molar-refractivity contribution in [3.05, 3.63) is 89.1 Å². The molecular weight excluding hydrogens is 452 g/mol. The van der Waals surface area contributed by atoms with Crippen molar-refractivity contribution in [1.29, 1.82) is 0 Å². The topological polar surface area (TPSA) is 68.8 Å². The van der Waals surface area contributed by atoms with Gasteiger partial charge in [0.05, 0.1) is 38.2 Å². The van der Waals surface area contributed by atoms with Crippen molar-refractivity contribution in [3.63, 3.8) is 0 Å². The van der Waals surface area contributed by atoms with Crippen molar-refractivity contribution in [2.45, 2.75) is 38.1 Å². The maximum absolute atomic E-state index is 13.8. The van der Waals surface area contributed by atoms with Crippen molar-refractivity contribution >= 4 is 17.2 Å². The molecule has 6 nitrogen and oxygen atoms in total. The van der Waals surface area contributed by atoms with Crippen LogP contribution in [0.15, 0.2) is 78.0 Å². The molecule has 0 spiro atoms. The number of hydrogen-bond acceptors (Lipinski definition) is 6. The van der Waals surface area contributed by atoms with Crippen LogP contribution in [0, 0.1) is 0 Å². The first-order valence-electron chi connectivity index (χ1n) is 12.4. The molecule has 2 aliphatic rings. The van der Waals surface area contributed by atoms with Crippen LogP contribution in [0.3, 0.4) is 0 Å². The maximum atomic E-state index is 13.8. The van der Waals surface area contributed by atoms with Gasteiger partial charge in [0.25, 0.3) is 0 Å². The van der Waals surface area contributed by atoms with Gasteiger partial charge < -0.3 is 24.8 Å². The first kappa shape index (κ1) is 23.8. The Balaban J connectivity index is 1.52. The van der Waals surface area contributed by atoms with Crippen molar-refractivity contribution in [2.24, 2.45) is 0 Å². The van der Waals surface area contributed by atoms with Gasteiger partial charge in [-0.25, -0.2) is 0 Å². The second kappa shape index (κ2) is 10.4. The fourth-order valence-corrected chi connectivity index (χ4v) is 5.06. The second-order valence-corrected chi connectivity index (χ2v) is 9.20. The fourth-order valence-electron chi connectivity index (χ4n) is 5.06. The molecule has 0 saturated heterocycles. The van der Waals surface area contributed by atoms with Gasteiger partial charge in [-0.3, -0.25) is 4.79 Å². The largest absolute Gasteiger partial charge is 0.494 e. The Kier molecular flexibility index (Phi) is 6.85. The Bertz CT molecular complexity index is 1280. The molecule has 36 heavy (non-hydrogen) atoms. The lowest BCUT2D eigenvalue weighted by Gasteiger charge is -2.30. The highest BCUT2D eigenvalue weighted by Crippen LogP contribution is 2.45. The van der Waals surface area contributed by atoms with Gasteiger partial charge in [0.1, 0.15) is 5.75 Å². The first-order chi connectivity index (χ1) is 17.6. The van der Waals surface area contributed by atoms with Gasteiger partial charge >= 0.3 is 0 Å². The molecule has 1 aliphatic carbocycles. The zero-order valence-electron chi connectivity index (χ0n) is 21.0. The number of fused-ring (bicyclic) bond motifs is 1. The van der Waals surface area contributed by atoms with Crippen molar-refractivity contribution in [1.82, 2.24) is 0 Å². The molecule has 6 heteroatoms. The number of nitrogens with one attached hydrogen (secondary N) is 2. The highest BCUT2D eigenvalue weighted by molar-refractivity contribution is 6.01. The zero-order chi connectivity index (χ0) is 25.1. The van der Waals surface area contributed by atoms with Crippen LogP contribution in [0.5, 0.6) is 17.2 Å². The lowest BCUT2D eigenvalue weighted by molar-refractivity contribution is -0.116. The third-order valence-electron chi connectivity index (χ3n) is 6.87. The number of carbonyl (C=O) groups excluding carboxylic acids is 1. The number of benzene rings is 3. The molecule has 5 rings (SSSR count). The molecule has 3 aromatic rings. The minimum Gasteiger partial charge on any atom is -0.494 e. The molecule has 186 valence electrons. The summed E-state index contributed by atoms with van der Waals surface area (Å²) in [6.07, 6.45) is 2.11. The first-order valence-corrected chi connectivity index (χ1v) is 12.4. The fraction of sp³-hybridized carbons (Fsp3) is 0.300. The summed E-state index contributed by atoms with van der Waals surface area (Å²) >= 11 is 0. The second-order valence-electron chi connectivity index (χ2n) is 9.20. The van der Waals surface area contributed by atoms with Crippen LogP contribution in [-0.4, -0.2) is 26.6 Å². The van der Waals surface area contributed by atoms with E-state index in [-0.39, 0.29) is 17.7 Å². The third kappa shape index (κ3) is 4.63. The molecule has 3 aromatic carbocycles. The summed E-state index contributed by atoms with van der Waals surface area (Å²) in [5.74, 6) is 2.37. The summed E-state index contributed by atoms with van der Waals surface area (Å²) in [7, 11) is 3.26. The van der Waals surface area contributed by atoms with E-state index >= 15 is 0 Å². The van der Waals surface area contributed by atoms with E-state index in [0.29, 0.717) is 24.5 Å². The number of methoxy groups -OCH3 is 2. The molecule has 0 radical (unpaired) electrons. The minimum absolute atomic E-state index is 0.0410. The average Bonchev–Trinajstić information content (AvgIpc) is 3.08. The van der Waals surface area contributed by atoms with Crippen LogP contribution in [0.2, 0.25) is 0 Å². The van der Waals surface area contributed by atoms with Gasteiger partial charge in [0.15, 0.2) is 17.3 Å². The summed E-state index contributed by atoms with van der Waals surface area (Å²) < 4.78 is 16.7. The lowest BCUT2D eigenvalue weighted by Crippen LogP contribution is -2.26. The molecule has 2 atom stereocenters. The Hall–Kier alpha value is -3.93. The van der Waals surface area contributed by atoms with Gasteiger partial charge in [-0.1, -0.05) is 37.3 Å². The molecule has 0 bridgehead atoms. The molecule has 0 aromatic heterocycles. The quantitative estimate of drug-likeness (QED) is 0.400. The molecule has 2 unspecified atom stereocenters. The van der Waals surface area contributed by atoms with Crippen LogP contribution >= 0.6 is 0 Å². The number of ether oxygens (including phenoxy) is 3. The highest BCUT2D eigenvalue weighted by Gasteiger charge is 2.36. The molecule has 0 amide bonds. The van der Waals surface area contributed by atoms with Gasteiger partial charge in [0, 0.05) is 17.7 Å². The predicted molar refractivity (Wildman–Crippen MR) is 142 cm³/mol. The third-order valence-corrected chi connectivity index (χ3v) is 6.87. The number of anilines is 2. The summed E-state index contributed by atoms with van der Waals surface area (Å²) in [5, 5.41) is 7.23. The average molecular weight is 485 g/mol. The van der Waals surface area contributed by atoms with Crippen LogP contribution < -0.4 is 24.8 Å². The monoisotopic (exact) mass is 484 g/mol. The number of carbonyl (C=O) groups is 1. The lowest BCUT2D eigenvalue weighted by atomic mass is 9.78. The number of ketones is 1. The van der Waals surface area contributed by atoms with E-state index < -0.39 is 0 Å². The van der Waals surface area contributed by atoms with Crippen LogP contribution in [-0.2, 0) is 4.79 Å². The molecular formula is C30H32N2O4. The standard InChI is InChI=1S/C30H32N2O4/c1-4-15-36-22-12-9-19(10-13-22)30-29-25(31-23-7-5-6-8-24(23)32-30)16-21(17-26(29)33)20-11-14-27(34-2)28(18-20)35-3/h5-14,18,21,30-32H,4,15-17H2,1-3H3. The number of hydrogen-bond donors (Lipinski definition) is 2. The molecule has 2 N–H and O–H groups in total. The number of para-hydroxylation sites is 2. The SMILES string of the molecule is CCCOc1ccc(C2Nc3ccccc3NC3=C2C(=O)CC(c2ccc(OC)c(OC)c2)C3)cc1. The molecule has 0 saturated carbocycles. The van der Waals surface area contributed by atoms with Gasteiger partial charge in [0.2, 0.25) is 0 Å². The van der Waals surface area contributed by atoms with Crippen molar-refractivity contribution in [2.75, 3.05) is 31.5 Å². The van der Waals surface area contributed by atoms with Gasteiger partial charge in [-0.2, -0.15) is 0 Å². The highest BCUT2D eigenvalue weighted by atomic mass is 16.5. The molecule has 1 aliphatic heterocycles. The van der Waals surface area contributed by atoms with E-state index in [4.69, 9.17) is 14.2 Å². The number of rotatable bonds is 7. The summed E-state index contributed by atoms with van der Waals surface area (Å²) in [6.45, 7) is 2.77. The van der Waals surface area contributed by atoms with E-state index in [2.05, 4.69) is 29.7 Å². The maximum Gasteiger partial charge on any atom is 0.163 e. The summed E-state index contributed by atoms with van der Waals surface area (Å²) in [5.41, 5.74) is 5.79. The van der Waals surface area contributed by atoms with Crippen molar-refractivity contribution < 1.29 is 19.0 Å².